The summed E-state index contributed by atoms with van der Waals surface area (Å²) >= 11 is 0. The Morgan fingerprint density at radius 2 is 2.11 bits per heavy atom. The number of likely N-dealkylation sites (tertiary alicyclic amines) is 2. The van der Waals surface area contributed by atoms with Crippen LogP contribution in [0.5, 0.6) is 0 Å². The van der Waals surface area contributed by atoms with Crippen LogP contribution in [0.4, 0.5) is 0 Å². The van der Waals surface area contributed by atoms with Crippen LogP contribution in [0.15, 0.2) is 36.5 Å². The number of benzene rings is 1. The zero-order chi connectivity index (χ0) is 18.3. The highest BCUT2D eigenvalue weighted by molar-refractivity contribution is 6.05. The average molecular weight is 365 g/mol. The second-order valence-electron chi connectivity index (χ2n) is 8.27. The van der Waals surface area contributed by atoms with Crippen LogP contribution in [0.3, 0.4) is 0 Å². The largest absolute Gasteiger partial charge is 0.377 e. The molecule has 1 amide bonds. The maximum atomic E-state index is 13.3. The number of aromatic nitrogens is 1. The number of rotatable bonds is 3. The summed E-state index contributed by atoms with van der Waals surface area (Å²) in [5.74, 6) is 0.0786. The number of carbonyl (C=O) groups is 1. The van der Waals surface area contributed by atoms with Gasteiger partial charge >= 0.3 is 0 Å². The van der Waals surface area contributed by atoms with E-state index >= 15 is 0 Å². The van der Waals surface area contributed by atoms with E-state index in [9.17, 15) is 4.79 Å². The molecular formula is C22H27N3O2. The summed E-state index contributed by atoms with van der Waals surface area (Å²) in [4.78, 5) is 22.4. The highest BCUT2D eigenvalue weighted by Crippen LogP contribution is 2.39. The van der Waals surface area contributed by atoms with Gasteiger partial charge in [0.05, 0.1) is 6.10 Å². The molecule has 0 unspecified atom stereocenters. The van der Waals surface area contributed by atoms with Crippen molar-refractivity contribution >= 4 is 16.7 Å². The molecule has 1 aromatic carbocycles. The molecule has 0 N–H and O–H groups in total. The lowest BCUT2D eigenvalue weighted by atomic mass is 9.77. The number of fused-ring (bicyclic) bond motifs is 1. The minimum atomic E-state index is 0.0786. The molecule has 142 valence electrons. The highest BCUT2D eigenvalue weighted by Gasteiger charge is 2.48. The van der Waals surface area contributed by atoms with Gasteiger partial charge in [-0.15, -0.1) is 0 Å². The van der Waals surface area contributed by atoms with Crippen molar-refractivity contribution in [2.24, 2.45) is 0 Å². The summed E-state index contributed by atoms with van der Waals surface area (Å²) in [5.41, 5.74) is 0.750. The SMILES string of the molecule is O=C(c1nccc2ccccc12)N1CCC[C@@]2(CCN2C[C@H]2CCCO2)C1. The van der Waals surface area contributed by atoms with E-state index in [-0.39, 0.29) is 11.4 Å². The van der Waals surface area contributed by atoms with E-state index < -0.39 is 0 Å². The molecule has 0 bridgehead atoms. The van der Waals surface area contributed by atoms with Crippen molar-refractivity contribution in [1.29, 1.82) is 0 Å². The van der Waals surface area contributed by atoms with Crippen LogP contribution in [0.2, 0.25) is 0 Å². The number of amides is 1. The number of nitrogens with zero attached hydrogens (tertiary/aromatic N) is 3. The highest BCUT2D eigenvalue weighted by atomic mass is 16.5. The molecule has 0 saturated carbocycles. The zero-order valence-corrected chi connectivity index (χ0v) is 15.8. The lowest BCUT2D eigenvalue weighted by molar-refractivity contribution is -0.0807. The van der Waals surface area contributed by atoms with E-state index in [1.165, 1.54) is 25.7 Å². The molecule has 0 radical (unpaired) electrons. The maximum absolute atomic E-state index is 13.3. The summed E-state index contributed by atoms with van der Waals surface area (Å²) in [6.45, 7) is 4.72. The quantitative estimate of drug-likeness (QED) is 0.839. The van der Waals surface area contributed by atoms with Gasteiger partial charge in [0, 0.05) is 49.9 Å². The Morgan fingerprint density at radius 1 is 1.19 bits per heavy atom. The van der Waals surface area contributed by atoms with Gasteiger partial charge in [-0.1, -0.05) is 24.3 Å². The third-order valence-corrected chi connectivity index (χ3v) is 6.68. The Bertz CT molecular complexity index is 843. The van der Waals surface area contributed by atoms with Gasteiger partial charge < -0.3 is 9.64 Å². The molecule has 2 aromatic rings. The molecule has 3 fully saturated rings. The first-order valence-electron chi connectivity index (χ1n) is 10.2. The minimum Gasteiger partial charge on any atom is -0.377 e. The number of hydrogen-bond acceptors (Lipinski definition) is 4. The summed E-state index contributed by atoms with van der Waals surface area (Å²) in [6.07, 6.45) is 7.94. The molecule has 0 aliphatic carbocycles. The Morgan fingerprint density at radius 3 is 2.93 bits per heavy atom. The fourth-order valence-corrected chi connectivity index (χ4v) is 5.09. The van der Waals surface area contributed by atoms with E-state index in [1.807, 2.05) is 35.2 Å². The molecule has 2 atom stereocenters. The Hall–Kier alpha value is -1.98. The molecule has 5 nitrogen and oxygen atoms in total. The fraction of sp³-hybridized carbons (Fsp3) is 0.545. The van der Waals surface area contributed by atoms with Crippen molar-refractivity contribution in [1.82, 2.24) is 14.8 Å². The van der Waals surface area contributed by atoms with Crippen LogP contribution in [-0.4, -0.2) is 65.1 Å². The van der Waals surface area contributed by atoms with Gasteiger partial charge in [-0.25, -0.2) is 0 Å². The Balaban J connectivity index is 1.35. The second kappa shape index (κ2) is 6.88. The zero-order valence-electron chi connectivity index (χ0n) is 15.8. The van der Waals surface area contributed by atoms with E-state index in [2.05, 4.69) is 9.88 Å². The van der Waals surface area contributed by atoms with Crippen molar-refractivity contribution in [3.05, 3.63) is 42.2 Å². The first kappa shape index (κ1) is 17.1. The van der Waals surface area contributed by atoms with Crippen LogP contribution in [0.25, 0.3) is 10.8 Å². The molecule has 1 aromatic heterocycles. The molecule has 3 aliphatic rings. The number of pyridine rings is 1. The predicted octanol–water partition coefficient (Wildman–Crippen LogP) is 3.09. The molecular weight excluding hydrogens is 338 g/mol. The smallest absolute Gasteiger partial charge is 0.273 e. The van der Waals surface area contributed by atoms with Gasteiger partial charge in [-0.3, -0.25) is 14.7 Å². The van der Waals surface area contributed by atoms with Crippen LogP contribution in [0.1, 0.15) is 42.6 Å². The summed E-state index contributed by atoms with van der Waals surface area (Å²) in [5, 5.41) is 2.03. The van der Waals surface area contributed by atoms with Crippen molar-refractivity contribution < 1.29 is 9.53 Å². The van der Waals surface area contributed by atoms with Gasteiger partial charge in [0.2, 0.25) is 0 Å². The summed E-state index contributed by atoms with van der Waals surface area (Å²) < 4.78 is 5.85. The second-order valence-corrected chi connectivity index (χ2v) is 8.27. The van der Waals surface area contributed by atoms with E-state index in [1.54, 1.807) is 6.20 Å². The molecule has 3 saturated heterocycles. The molecule has 3 aliphatic heterocycles. The Labute approximate surface area is 160 Å². The van der Waals surface area contributed by atoms with Gasteiger partial charge in [-0.2, -0.15) is 0 Å². The standard InChI is InChI=1S/C22H27N3O2/c26-21(20-19-7-2-1-5-17(19)8-11-23-20)24-12-4-9-22(16-24)10-13-25(22)15-18-6-3-14-27-18/h1-2,5,7-8,11,18H,3-4,6,9-10,12-16H2/t18-,22-/m1/s1. The van der Waals surface area contributed by atoms with E-state index in [4.69, 9.17) is 4.74 Å². The van der Waals surface area contributed by atoms with Crippen molar-refractivity contribution in [2.75, 3.05) is 32.8 Å². The van der Waals surface area contributed by atoms with Gasteiger partial charge in [-0.05, 0) is 43.6 Å². The van der Waals surface area contributed by atoms with Crippen molar-refractivity contribution in [2.45, 2.75) is 43.7 Å². The molecule has 1 spiro atoms. The lowest BCUT2D eigenvalue weighted by Crippen LogP contribution is -2.68. The predicted molar refractivity (Wildman–Crippen MR) is 105 cm³/mol. The van der Waals surface area contributed by atoms with Crippen LogP contribution in [0, 0.1) is 0 Å². The first-order chi connectivity index (χ1) is 13.3. The normalized spacial score (nSPS) is 28.6. The molecule has 5 heteroatoms. The molecule has 27 heavy (non-hydrogen) atoms. The lowest BCUT2D eigenvalue weighted by Gasteiger charge is -2.57. The molecule has 4 heterocycles. The number of ether oxygens (including phenoxy) is 1. The first-order valence-corrected chi connectivity index (χ1v) is 10.2. The maximum Gasteiger partial charge on any atom is 0.273 e. The molecule has 5 rings (SSSR count). The Kier molecular flexibility index (Phi) is 4.37. The van der Waals surface area contributed by atoms with Crippen LogP contribution < -0.4 is 0 Å². The van der Waals surface area contributed by atoms with Crippen LogP contribution >= 0.6 is 0 Å². The van der Waals surface area contributed by atoms with Gasteiger partial charge in [0.1, 0.15) is 5.69 Å². The van der Waals surface area contributed by atoms with Crippen LogP contribution in [-0.2, 0) is 4.74 Å². The van der Waals surface area contributed by atoms with Gasteiger partial charge in [0.25, 0.3) is 5.91 Å². The minimum absolute atomic E-state index is 0.0786. The fourth-order valence-electron chi connectivity index (χ4n) is 5.09. The monoisotopic (exact) mass is 365 g/mol. The van der Waals surface area contributed by atoms with E-state index in [0.717, 1.165) is 50.0 Å². The number of hydrogen-bond donors (Lipinski definition) is 0. The third kappa shape index (κ3) is 3.03. The summed E-state index contributed by atoms with van der Waals surface area (Å²) in [7, 11) is 0. The van der Waals surface area contributed by atoms with Gasteiger partial charge in [0.15, 0.2) is 0 Å². The van der Waals surface area contributed by atoms with Crippen molar-refractivity contribution in [3.63, 3.8) is 0 Å². The van der Waals surface area contributed by atoms with Crippen molar-refractivity contribution in [3.8, 4) is 0 Å². The third-order valence-electron chi connectivity index (χ3n) is 6.68. The van der Waals surface area contributed by atoms with E-state index in [0.29, 0.717) is 11.8 Å². The summed E-state index contributed by atoms with van der Waals surface area (Å²) in [6, 6.07) is 10.00. The topological polar surface area (TPSA) is 45.7 Å². The average Bonchev–Trinajstić information content (AvgIpc) is 3.24. The number of carbonyl (C=O) groups excluding carboxylic acids is 1. The number of piperidine rings is 1.